The van der Waals surface area contributed by atoms with Crippen LogP contribution in [0.5, 0.6) is 0 Å². The lowest BCUT2D eigenvalue weighted by atomic mass is 9.83. The number of hydrogen-bond donors (Lipinski definition) is 3. The van der Waals surface area contributed by atoms with E-state index >= 15 is 0 Å². The Labute approximate surface area is 292 Å². The van der Waals surface area contributed by atoms with E-state index < -0.39 is 29.1 Å². The first kappa shape index (κ1) is 45.9. The quantitative estimate of drug-likeness (QED) is 0.0575. The molecule has 0 saturated carbocycles. The maximum atomic E-state index is 12.8. The van der Waals surface area contributed by atoms with E-state index in [-0.39, 0.29) is 6.54 Å². The van der Waals surface area contributed by atoms with Gasteiger partial charge in [-0.1, -0.05) is 194 Å². The van der Waals surface area contributed by atoms with Gasteiger partial charge in [-0.05, 0) is 33.6 Å². The Morgan fingerprint density at radius 3 is 0.872 bits per heavy atom. The summed E-state index contributed by atoms with van der Waals surface area (Å²) in [6.07, 6.45) is 34.5. The standard InChI is InChI=1S/C41H81NO5/c1-6-8-10-12-14-16-18-20-22-24-26-28-30-32-34-40(4,38(44)45)42(36-37(3)43)41(5,39(46)47)35-33-31-29-27-25-23-21-19-17-15-13-11-9-7-2/h37,43H,6-36H2,1-5H3,(H,44,45)(H,46,47). The van der Waals surface area contributed by atoms with E-state index in [0.29, 0.717) is 12.8 Å². The van der Waals surface area contributed by atoms with Gasteiger partial charge in [0.15, 0.2) is 0 Å². The van der Waals surface area contributed by atoms with E-state index in [2.05, 4.69) is 13.8 Å². The summed E-state index contributed by atoms with van der Waals surface area (Å²) >= 11 is 0. The predicted molar refractivity (Wildman–Crippen MR) is 200 cm³/mol. The van der Waals surface area contributed by atoms with E-state index in [1.54, 1.807) is 25.7 Å². The van der Waals surface area contributed by atoms with Crippen molar-refractivity contribution in [1.29, 1.82) is 0 Å². The molecule has 0 bridgehead atoms. The summed E-state index contributed by atoms with van der Waals surface area (Å²) in [4.78, 5) is 27.1. The number of carboxylic acids is 2. The minimum Gasteiger partial charge on any atom is -0.480 e. The normalized spacial score (nSPS) is 15.0. The number of aliphatic carboxylic acids is 2. The Morgan fingerprint density at radius 2 is 0.681 bits per heavy atom. The van der Waals surface area contributed by atoms with Crippen LogP contribution >= 0.6 is 0 Å². The van der Waals surface area contributed by atoms with Crippen molar-refractivity contribution in [3.8, 4) is 0 Å². The summed E-state index contributed by atoms with van der Waals surface area (Å²) in [6.45, 7) is 9.52. The van der Waals surface area contributed by atoms with Gasteiger partial charge < -0.3 is 15.3 Å². The maximum Gasteiger partial charge on any atom is 0.323 e. The first-order chi connectivity index (χ1) is 22.6. The Hall–Kier alpha value is -1.14. The molecule has 6 heteroatoms. The van der Waals surface area contributed by atoms with Crippen molar-refractivity contribution >= 4 is 11.9 Å². The van der Waals surface area contributed by atoms with Crippen molar-refractivity contribution in [3.63, 3.8) is 0 Å². The lowest BCUT2D eigenvalue weighted by Gasteiger charge is -2.48. The van der Waals surface area contributed by atoms with E-state index in [1.807, 2.05) is 0 Å². The first-order valence-electron chi connectivity index (χ1n) is 20.5. The monoisotopic (exact) mass is 668 g/mol. The molecule has 47 heavy (non-hydrogen) atoms. The average molecular weight is 668 g/mol. The number of hydrogen-bond acceptors (Lipinski definition) is 4. The van der Waals surface area contributed by atoms with Gasteiger partial charge in [0.05, 0.1) is 6.10 Å². The second kappa shape index (κ2) is 29.7. The Morgan fingerprint density at radius 1 is 0.468 bits per heavy atom. The molecule has 3 atom stereocenters. The second-order valence-electron chi connectivity index (χ2n) is 15.3. The third kappa shape index (κ3) is 22.2. The summed E-state index contributed by atoms with van der Waals surface area (Å²) in [5.74, 6) is -2.00. The molecular formula is C41H81NO5. The molecule has 0 heterocycles. The van der Waals surface area contributed by atoms with Crippen LogP contribution in [0.4, 0.5) is 0 Å². The number of aliphatic hydroxyl groups is 1. The van der Waals surface area contributed by atoms with Crippen molar-refractivity contribution in [2.24, 2.45) is 0 Å². The smallest absolute Gasteiger partial charge is 0.323 e. The summed E-state index contributed by atoms with van der Waals surface area (Å²) in [6, 6.07) is 0. The molecule has 6 nitrogen and oxygen atoms in total. The van der Waals surface area contributed by atoms with Crippen molar-refractivity contribution in [1.82, 2.24) is 4.90 Å². The van der Waals surface area contributed by atoms with Gasteiger partial charge in [-0.15, -0.1) is 0 Å². The summed E-state index contributed by atoms with van der Waals surface area (Å²) in [7, 11) is 0. The number of rotatable bonds is 36. The van der Waals surface area contributed by atoms with Crippen LogP contribution in [0.25, 0.3) is 0 Å². The maximum absolute atomic E-state index is 12.8. The number of carbonyl (C=O) groups is 2. The summed E-state index contributed by atoms with van der Waals surface area (Å²) in [5, 5.41) is 31.3. The van der Waals surface area contributed by atoms with Crippen molar-refractivity contribution < 1.29 is 24.9 Å². The van der Waals surface area contributed by atoms with Gasteiger partial charge in [0.25, 0.3) is 0 Å². The van der Waals surface area contributed by atoms with Gasteiger partial charge in [0.2, 0.25) is 0 Å². The average Bonchev–Trinajstić information content (AvgIpc) is 3.03. The van der Waals surface area contributed by atoms with Crippen LogP contribution in [0.3, 0.4) is 0 Å². The molecule has 3 N–H and O–H groups in total. The van der Waals surface area contributed by atoms with E-state index in [9.17, 15) is 24.9 Å². The fourth-order valence-corrected chi connectivity index (χ4v) is 7.25. The van der Waals surface area contributed by atoms with E-state index in [0.717, 1.165) is 38.5 Å². The topological polar surface area (TPSA) is 98.1 Å². The molecule has 3 unspecified atom stereocenters. The van der Waals surface area contributed by atoms with Gasteiger partial charge in [-0.3, -0.25) is 14.5 Å². The van der Waals surface area contributed by atoms with Gasteiger partial charge in [-0.2, -0.15) is 0 Å². The van der Waals surface area contributed by atoms with Crippen molar-refractivity contribution in [2.75, 3.05) is 6.54 Å². The minimum atomic E-state index is -1.35. The largest absolute Gasteiger partial charge is 0.480 e. The third-order valence-electron chi connectivity index (χ3n) is 10.6. The molecule has 0 aromatic heterocycles. The molecule has 0 saturated heterocycles. The molecule has 0 spiro atoms. The molecule has 0 radical (unpaired) electrons. The number of carboxylic acid groups (broad SMARTS) is 2. The fourth-order valence-electron chi connectivity index (χ4n) is 7.25. The minimum absolute atomic E-state index is 0.0306. The predicted octanol–water partition coefficient (Wildman–Crippen LogP) is 12.1. The van der Waals surface area contributed by atoms with Crippen molar-refractivity contribution in [2.45, 2.75) is 244 Å². The highest BCUT2D eigenvalue weighted by Gasteiger charge is 2.51. The highest BCUT2D eigenvalue weighted by atomic mass is 16.4. The lowest BCUT2D eigenvalue weighted by molar-refractivity contribution is -0.169. The zero-order valence-corrected chi connectivity index (χ0v) is 32.1. The van der Waals surface area contributed by atoms with Crippen LogP contribution in [0.1, 0.15) is 227 Å². The van der Waals surface area contributed by atoms with Crippen molar-refractivity contribution in [3.05, 3.63) is 0 Å². The lowest BCUT2D eigenvalue weighted by Crippen LogP contribution is -2.66. The number of β-amino-alcohol motifs (C(OH)–C–C–N with tert-alkyl or cyclic N) is 1. The fraction of sp³-hybridized carbons (Fsp3) is 0.951. The molecule has 0 fully saturated rings. The van der Waals surface area contributed by atoms with Crippen LogP contribution in [0.15, 0.2) is 0 Å². The molecule has 0 rings (SSSR count). The zero-order valence-electron chi connectivity index (χ0n) is 32.1. The van der Waals surface area contributed by atoms with Crippen LogP contribution in [-0.2, 0) is 9.59 Å². The van der Waals surface area contributed by atoms with Crippen LogP contribution < -0.4 is 0 Å². The van der Waals surface area contributed by atoms with Crippen LogP contribution in [0, 0.1) is 0 Å². The molecule has 0 aliphatic rings. The number of unbranched alkanes of at least 4 members (excludes halogenated alkanes) is 26. The van der Waals surface area contributed by atoms with Gasteiger partial charge in [-0.25, -0.2) is 0 Å². The van der Waals surface area contributed by atoms with Crippen LogP contribution in [-0.4, -0.2) is 55.9 Å². The number of nitrogens with zero attached hydrogens (tertiary/aromatic N) is 1. The Balaban J connectivity index is 4.64. The van der Waals surface area contributed by atoms with Crippen LogP contribution in [0.2, 0.25) is 0 Å². The SMILES string of the molecule is CCCCCCCCCCCCCCCCC(C)(C(=O)O)N(CC(C)O)C(C)(CCCCCCCCCCCCCCCC)C(=O)O. The number of aliphatic hydroxyl groups excluding tert-OH is 1. The highest BCUT2D eigenvalue weighted by Crippen LogP contribution is 2.35. The van der Waals surface area contributed by atoms with Gasteiger partial charge in [0.1, 0.15) is 11.1 Å². The third-order valence-corrected chi connectivity index (χ3v) is 10.6. The molecule has 0 aromatic carbocycles. The van der Waals surface area contributed by atoms with E-state index in [4.69, 9.17) is 0 Å². The molecule has 0 aromatic rings. The Bertz CT molecular complexity index is 687. The second-order valence-corrected chi connectivity index (χ2v) is 15.3. The molecule has 0 amide bonds. The van der Waals surface area contributed by atoms with Gasteiger partial charge in [0, 0.05) is 6.54 Å². The molecular weight excluding hydrogens is 586 g/mol. The summed E-state index contributed by atoms with van der Waals surface area (Å²) < 4.78 is 0. The van der Waals surface area contributed by atoms with Gasteiger partial charge >= 0.3 is 11.9 Å². The first-order valence-corrected chi connectivity index (χ1v) is 20.5. The molecule has 0 aliphatic heterocycles. The zero-order chi connectivity index (χ0) is 35.2. The highest BCUT2D eigenvalue weighted by molar-refractivity contribution is 5.83. The van der Waals surface area contributed by atoms with E-state index in [1.165, 1.54) is 141 Å². The summed E-state index contributed by atoms with van der Waals surface area (Å²) in [5.41, 5.74) is -2.70. The molecule has 280 valence electrons. The molecule has 0 aliphatic carbocycles. The Kier molecular flexibility index (Phi) is 29.0.